The fourth-order valence-electron chi connectivity index (χ4n) is 1.87. The summed E-state index contributed by atoms with van der Waals surface area (Å²) >= 11 is 12.1. The summed E-state index contributed by atoms with van der Waals surface area (Å²) in [5.41, 5.74) is 0.872. The largest absolute Gasteiger partial charge is 0.360 e. The molecule has 7 heteroatoms. The van der Waals surface area contributed by atoms with Crippen LogP contribution in [0.15, 0.2) is 28.8 Å². The van der Waals surface area contributed by atoms with Crippen LogP contribution in [0.25, 0.3) is 0 Å². The Morgan fingerprint density at radius 2 is 2.19 bits per heavy atom. The van der Waals surface area contributed by atoms with Gasteiger partial charge in [-0.15, -0.1) is 0 Å². The van der Waals surface area contributed by atoms with Crippen LogP contribution in [0, 0.1) is 6.92 Å². The van der Waals surface area contributed by atoms with Gasteiger partial charge in [0.2, 0.25) is 5.91 Å². The number of carbonyl (C=O) groups is 1. The van der Waals surface area contributed by atoms with Crippen molar-refractivity contribution in [2.45, 2.75) is 13.5 Å². The highest BCUT2D eigenvalue weighted by Crippen LogP contribution is 2.26. The van der Waals surface area contributed by atoms with Crippen molar-refractivity contribution >= 4 is 34.9 Å². The topological polar surface area (TPSA) is 58.4 Å². The van der Waals surface area contributed by atoms with Crippen molar-refractivity contribution in [3.05, 3.63) is 45.6 Å². The summed E-state index contributed by atoms with van der Waals surface area (Å²) in [7, 11) is 1.82. The molecule has 0 bridgehead atoms. The highest BCUT2D eigenvalue weighted by Gasteiger charge is 2.12. The zero-order valence-electron chi connectivity index (χ0n) is 11.7. The molecule has 1 N–H and O–H groups in total. The summed E-state index contributed by atoms with van der Waals surface area (Å²) in [5.74, 6) is 0.875. The van der Waals surface area contributed by atoms with Crippen molar-refractivity contribution < 1.29 is 9.32 Å². The second kappa shape index (κ2) is 6.93. The van der Waals surface area contributed by atoms with Crippen molar-refractivity contribution in [3.8, 4) is 0 Å². The summed E-state index contributed by atoms with van der Waals surface area (Å²) in [6, 6.07) is 7.10. The Labute approximate surface area is 132 Å². The lowest BCUT2D eigenvalue weighted by Gasteiger charge is -2.17. The zero-order chi connectivity index (χ0) is 15.4. The molecule has 0 aliphatic carbocycles. The van der Waals surface area contributed by atoms with Crippen molar-refractivity contribution in [1.82, 2.24) is 10.1 Å². The predicted octanol–water partition coefficient (Wildman–Crippen LogP) is 3.36. The Morgan fingerprint density at radius 3 is 2.86 bits per heavy atom. The summed E-state index contributed by atoms with van der Waals surface area (Å²) < 4.78 is 4.88. The van der Waals surface area contributed by atoms with Crippen molar-refractivity contribution in [3.63, 3.8) is 0 Å². The highest BCUT2D eigenvalue weighted by atomic mass is 35.5. The van der Waals surface area contributed by atoms with Crippen LogP contribution < -0.4 is 5.32 Å². The summed E-state index contributed by atoms with van der Waals surface area (Å²) in [4.78, 5) is 13.7. The molecule has 1 aromatic carbocycles. The molecule has 0 saturated carbocycles. The van der Waals surface area contributed by atoms with Gasteiger partial charge in [-0.25, -0.2) is 0 Å². The van der Waals surface area contributed by atoms with E-state index in [4.69, 9.17) is 27.7 Å². The van der Waals surface area contributed by atoms with Crippen molar-refractivity contribution in [2.24, 2.45) is 0 Å². The minimum absolute atomic E-state index is 0.177. The predicted molar refractivity (Wildman–Crippen MR) is 82.7 cm³/mol. The monoisotopic (exact) mass is 327 g/mol. The molecular weight excluding hydrogens is 313 g/mol. The van der Waals surface area contributed by atoms with E-state index in [0.29, 0.717) is 28.2 Å². The summed E-state index contributed by atoms with van der Waals surface area (Å²) in [6.07, 6.45) is 0. The maximum Gasteiger partial charge on any atom is 0.239 e. The standard InChI is InChI=1S/C14H15Cl2N3O2/c1-9-6-12(18-21-9)17-13(20)8-19(2)7-10-4-3-5-11(15)14(10)16/h3-6H,7-8H2,1-2H3,(H,17,18,20). The lowest BCUT2D eigenvalue weighted by molar-refractivity contribution is -0.117. The first-order chi connectivity index (χ1) is 9.95. The number of hydrogen-bond acceptors (Lipinski definition) is 4. The van der Waals surface area contributed by atoms with Crippen LogP contribution in [0.4, 0.5) is 5.82 Å². The van der Waals surface area contributed by atoms with E-state index in [9.17, 15) is 4.79 Å². The lowest BCUT2D eigenvalue weighted by atomic mass is 10.2. The summed E-state index contributed by atoms with van der Waals surface area (Å²) in [5, 5.41) is 7.39. The Bertz CT molecular complexity index is 643. The molecular formula is C14H15Cl2N3O2. The number of nitrogens with zero attached hydrogens (tertiary/aromatic N) is 2. The molecule has 21 heavy (non-hydrogen) atoms. The number of amides is 1. The molecule has 0 radical (unpaired) electrons. The molecule has 1 aromatic heterocycles. The van der Waals surface area contributed by atoms with Gasteiger partial charge in [0.25, 0.3) is 0 Å². The molecule has 2 rings (SSSR count). The van der Waals surface area contributed by atoms with Gasteiger partial charge in [0, 0.05) is 12.6 Å². The third-order valence-corrected chi connectivity index (χ3v) is 3.64. The second-order valence-corrected chi connectivity index (χ2v) is 5.54. The van der Waals surface area contributed by atoms with Gasteiger partial charge in [-0.2, -0.15) is 0 Å². The van der Waals surface area contributed by atoms with Gasteiger partial charge in [0.1, 0.15) is 5.76 Å². The van der Waals surface area contributed by atoms with Crippen molar-refractivity contribution in [1.29, 1.82) is 0 Å². The van der Waals surface area contributed by atoms with Crippen LogP contribution in [0.5, 0.6) is 0 Å². The fraction of sp³-hybridized carbons (Fsp3) is 0.286. The SMILES string of the molecule is Cc1cc(NC(=O)CN(C)Cc2cccc(Cl)c2Cl)no1. The van der Waals surface area contributed by atoms with Crippen LogP contribution >= 0.6 is 23.2 Å². The molecule has 0 aliphatic heterocycles. The van der Waals surface area contributed by atoms with E-state index in [-0.39, 0.29) is 12.5 Å². The number of aromatic nitrogens is 1. The van der Waals surface area contributed by atoms with Gasteiger partial charge in [-0.3, -0.25) is 9.69 Å². The number of nitrogens with one attached hydrogen (secondary N) is 1. The highest BCUT2D eigenvalue weighted by molar-refractivity contribution is 6.42. The average Bonchev–Trinajstić information content (AvgIpc) is 2.80. The first kappa shape index (κ1) is 15.8. The molecule has 0 saturated heterocycles. The van der Waals surface area contributed by atoms with Crippen LogP contribution in [0.3, 0.4) is 0 Å². The number of halogens is 2. The van der Waals surface area contributed by atoms with Crippen LogP contribution in [0.1, 0.15) is 11.3 Å². The number of carbonyl (C=O) groups excluding carboxylic acids is 1. The third kappa shape index (κ3) is 4.46. The van der Waals surface area contributed by atoms with Crippen LogP contribution in [-0.4, -0.2) is 29.6 Å². The van der Waals surface area contributed by atoms with Gasteiger partial charge in [0.15, 0.2) is 5.82 Å². The Morgan fingerprint density at radius 1 is 1.43 bits per heavy atom. The molecule has 5 nitrogen and oxygen atoms in total. The van der Waals surface area contributed by atoms with E-state index in [0.717, 1.165) is 5.56 Å². The number of anilines is 1. The average molecular weight is 328 g/mol. The minimum Gasteiger partial charge on any atom is -0.360 e. The van der Waals surface area contributed by atoms with E-state index >= 15 is 0 Å². The Balaban J connectivity index is 1.90. The first-order valence-electron chi connectivity index (χ1n) is 6.30. The maximum absolute atomic E-state index is 11.9. The number of likely N-dealkylation sites (N-methyl/N-ethyl adjacent to an activating group) is 1. The Hall–Kier alpha value is -1.56. The van der Waals surface area contributed by atoms with Gasteiger partial charge < -0.3 is 9.84 Å². The molecule has 112 valence electrons. The smallest absolute Gasteiger partial charge is 0.239 e. The van der Waals surface area contributed by atoms with E-state index in [1.165, 1.54) is 0 Å². The molecule has 0 fully saturated rings. The number of aryl methyl sites for hydroxylation is 1. The second-order valence-electron chi connectivity index (χ2n) is 4.76. The fourth-order valence-corrected chi connectivity index (χ4v) is 2.25. The molecule has 0 unspecified atom stereocenters. The third-order valence-electron chi connectivity index (χ3n) is 2.78. The molecule has 1 amide bonds. The van der Waals surface area contributed by atoms with Gasteiger partial charge in [-0.1, -0.05) is 40.5 Å². The lowest BCUT2D eigenvalue weighted by Crippen LogP contribution is -2.30. The Kier molecular flexibility index (Phi) is 5.22. The van der Waals surface area contributed by atoms with E-state index in [1.807, 2.05) is 24.1 Å². The molecule has 0 spiro atoms. The van der Waals surface area contributed by atoms with E-state index < -0.39 is 0 Å². The van der Waals surface area contributed by atoms with Gasteiger partial charge in [0.05, 0.1) is 16.6 Å². The molecule has 0 aliphatic rings. The van der Waals surface area contributed by atoms with E-state index in [1.54, 1.807) is 19.1 Å². The quantitative estimate of drug-likeness (QED) is 0.914. The molecule has 0 atom stereocenters. The van der Waals surface area contributed by atoms with Gasteiger partial charge in [-0.05, 0) is 25.6 Å². The van der Waals surface area contributed by atoms with Crippen molar-refractivity contribution in [2.75, 3.05) is 18.9 Å². The van der Waals surface area contributed by atoms with Crippen LogP contribution in [0.2, 0.25) is 10.0 Å². The van der Waals surface area contributed by atoms with E-state index in [2.05, 4.69) is 10.5 Å². The number of rotatable bonds is 5. The molecule has 1 heterocycles. The van der Waals surface area contributed by atoms with Crippen LogP contribution in [-0.2, 0) is 11.3 Å². The first-order valence-corrected chi connectivity index (χ1v) is 7.06. The molecule has 2 aromatic rings. The minimum atomic E-state index is -0.177. The van der Waals surface area contributed by atoms with Gasteiger partial charge >= 0.3 is 0 Å². The zero-order valence-corrected chi connectivity index (χ0v) is 13.2. The number of hydrogen-bond donors (Lipinski definition) is 1. The normalized spacial score (nSPS) is 10.9. The summed E-state index contributed by atoms with van der Waals surface area (Å²) in [6.45, 7) is 2.48. The number of benzene rings is 1. The maximum atomic E-state index is 11.9.